The van der Waals surface area contributed by atoms with E-state index < -0.39 is 0 Å². The summed E-state index contributed by atoms with van der Waals surface area (Å²) in [6, 6.07) is 1.06. The molecule has 2 aliphatic rings. The summed E-state index contributed by atoms with van der Waals surface area (Å²) in [7, 11) is 0. The first kappa shape index (κ1) is 10.4. The molecule has 14 heavy (non-hydrogen) atoms. The minimum atomic E-state index is 0.530. The minimum Gasteiger partial charge on any atom is -0.364 e. The molecular formula is C10H20N2O2. The van der Waals surface area contributed by atoms with E-state index in [0.29, 0.717) is 12.1 Å². The molecule has 0 aromatic carbocycles. The van der Waals surface area contributed by atoms with Crippen molar-refractivity contribution in [3.05, 3.63) is 0 Å². The summed E-state index contributed by atoms with van der Waals surface area (Å²) in [5, 5.41) is 0. The monoisotopic (exact) mass is 200 g/mol. The van der Waals surface area contributed by atoms with Gasteiger partial charge in [-0.15, -0.1) is 0 Å². The molecule has 0 radical (unpaired) electrons. The van der Waals surface area contributed by atoms with Crippen LogP contribution in [-0.4, -0.2) is 61.6 Å². The molecule has 0 bridgehead atoms. The smallest absolute Gasteiger partial charge is 0.0994 e. The minimum absolute atomic E-state index is 0.530. The molecule has 0 unspecified atom stereocenters. The van der Waals surface area contributed by atoms with Crippen molar-refractivity contribution in [2.75, 3.05) is 39.8 Å². The van der Waals surface area contributed by atoms with Crippen molar-refractivity contribution in [1.82, 2.24) is 9.80 Å². The summed E-state index contributed by atoms with van der Waals surface area (Å²) >= 11 is 0. The van der Waals surface area contributed by atoms with E-state index in [9.17, 15) is 0 Å². The van der Waals surface area contributed by atoms with Crippen molar-refractivity contribution < 1.29 is 9.47 Å². The van der Waals surface area contributed by atoms with Crippen molar-refractivity contribution >= 4 is 0 Å². The molecule has 2 saturated heterocycles. The number of fused-ring (bicyclic) bond motifs is 1. The fourth-order valence-corrected chi connectivity index (χ4v) is 2.34. The van der Waals surface area contributed by atoms with Gasteiger partial charge in [-0.25, -0.2) is 0 Å². The molecule has 2 fully saturated rings. The SMILES string of the molecule is CCN1COC[C@@H]2[C@H]1COCN2CC. The molecule has 82 valence electrons. The Bertz CT molecular complexity index is 169. The maximum atomic E-state index is 5.60. The Morgan fingerprint density at radius 2 is 1.36 bits per heavy atom. The average Bonchev–Trinajstić information content (AvgIpc) is 2.27. The third kappa shape index (κ3) is 1.80. The van der Waals surface area contributed by atoms with Crippen LogP contribution in [0.2, 0.25) is 0 Å². The highest BCUT2D eigenvalue weighted by molar-refractivity contribution is 4.89. The highest BCUT2D eigenvalue weighted by Gasteiger charge is 2.37. The van der Waals surface area contributed by atoms with Crippen molar-refractivity contribution in [2.45, 2.75) is 25.9 Å². The molecule has 2 aliphatic heterocycles. The third-order valence-corrected chi connectivity index (χ3v) is 3.29. The molecule has 0 aromatic rings. The van der Waals surface area contributed by atoms with Crippen molar-refractivity contribution in [3.8, 4) is 0 Å². The Kier molecular flexibility index (Phi) is 3.38. The Morgan fingerprint density at radius 1 is 0.929 bits per heavy atom. The average molecular weight is 200 g/mol. The summed E-state index contributed by atoms with van der Waals surface area (Å²) in [5.74, 6) is 0. The predicted molar refractivity (Wildman–Crippen MR) is 54.0 cm³/mol. The molecule has 0 aromatic heterocycles. The number of hydrogen-bond donors (Lipinski definition) is 0. The summed E-state index contributed by atoms with van der Waals surface area (Å²) in [6.45, 7) is 9.69. The maximum absolute atomic E-state index is 5.60. The lowest BCUT2D eigenvalue weighted by molar-refractivity contribution is -0.170. The lowest BCUT2D eigenvalue weighted by atomic mass is 10.0. The van der Waals surface area contributed by atoms with E-state index >= 15 is 0 Å². The van der Waals surface area contributed by atoms with E-state index in [0.717, 1.165) is 39.8 Å². The normalized spacial score (nSPS) is 35.6. The van der Waals surface area contributed by atoms with Crippen LogP contribution >= 0.6 is 0 Å². The van der Waals surface area contributed by atoms with Crippen LogP contribution in [0, 0.1) is 0 Å². The largest absolute Gasteiger partial charge is 0.364 e. The van der Waals surface area contributed by atoms with Gasteiger partial charge in [-0.05, 0) is 13.1 Å². The van der Waals surface area contributed by atoms with E-state index in [2.05, 4.69) is 23.6 Å². The van der Waals surface area contributed by atoms with Gasteiger partial charge >= 0.3 is 0 Å². The molecule has 2 atom stereocenters. The summed E-state index contributed by atoms with van der Waals surface area (Å²) in [4.78, 5) is 4.71. The third-order valence-electron chi connectivity index (χ3n) is 3.29. The first-order valence-corrected chi connectivity index (χ1v) is 5.50. The Hall–Kier alpha value is -0.160. The van der Waals surface area contributed by atoms with Gasteiger partial charge in [0, 0.05) is 0 Å². The van der Waals surface area contributed by atoms with Gasteiger partial charge in [0.15, 0.2) is 0 Å². The standard InChI is InChI=1S/C10H20N2O2/c1-3-11-7-13-6-10-9(11)5-14-8-12(10)4-2/h9-10H,3-8H2,1-2H3/t9-,10-/m1/s1. The molecule has 4 nitrogen and oxygen atoms in total. The molecule has 0 aliphatic carbocycles. The van der Waals surface area contributed by atoms with Gasteiger partial charge in [-0.1, -0.05) is 13.8 Å². The van der Waals surface area contributed by atoms with Crippen LogP contribution in [0.1, 0.15) is 13.8 Å². The van der Waals surface area contributed by atoms with Gasteiger partial charge in [0.1, 0.15) is 0 Å². The van der Waals surface area contributed by atoms with E-state index in [1.165, 1.54) is 0 Å². The fourth-order valence-electron chi connectivity index (χ4n) is 2.34. The van der Waals surface area contributed by atoms with Crippen LogP contribution in [-0.2, 0) is 9.47 Å². The predicted octanol–water partition coefficient (Wildman–Crippen LogP) is 0.343. The first-order chi connectivity index (χ1) is 6.86. The van der Waals surface area contributed by atoms with Gasteiger partial charge in [0.05, 0.1) is 38.8 Å². The molecular weight excluding hydrogens is 180 g/mol. The second-order valence-corrected chi connectivity index (χ2v) is 3.94. The van der Waals surface area contributed by atoms with Gasteiger partial charge in [0.25, 0.3) is 0 Å². The van der Waals surface area contributed by atoms with Crippen LogP contribution in [0.15, 0.2) is 0 Å². The second-order valence-electron chi connectivity index (χ2n) is 3.94. The van der Waals surface area contributed by atoms with Gasteiger partial charge in [0.2, 0.25) is 0 Å². The number of rotatable bonds is 2. The topological polar surface area (TPSA) is 24.9 Å². The second kappa shape index (κ2) is 4.57. The van der Waals surface area contributed by atoms with Crippen LogP contribution in [0.25, 0.3) is 0 Å². The summed E-state index contributed by atoms with van der Waals surface area (Å²) in [6.07, 6.45) is 0. The zero-order valence-corrected chi connectivity index (χ0v) is 9.11. The Morgan fingerprint density at radius 3 is 1.71 bits per heavy atom. The van der Waals surface area contributed by atoms with E-state index in [-0.39, 0.29) is 0 Å². The van der Waals surface area contributed by atoms with E-state index in [1.54, 1.807) is 0 Å². The Labute approximate surface area is 85.8 Å². The molecule has 2 rings (SSSR count). The van der Waals surface area contributed by atoms with Crippen molar-refractivity contribution in [1.29, 1.82) is 0 Å². The van der Waals surface area contributed by atoms with Crippen LogP contribution in [0.5, 0.6) is 0 Å². The highest BCUT2D eigenvalue weighted by atomic mass is 16.5. The van der Waals surface area contributed by atoms with Gasteiger partial charge in [-0.2, -0.15) is 0 Å². The number of likely N-dealkylation sites (N-methyl/N-ethyl adjacent to an activating group) is 2. The lowest BCUT2D eigenvalue weighted by Gasteiger charge is -2.48. The molecule has 0 spiro atoms. The first-order valence-electron chi connectivity index (χ1n) is 5.50. The quantitative estimate of drug-likeness (QED) is 0.642. The molecule has 0 saturated carbocycles. The number of hydrogen-bond acceptors (Lipinski definition) is 4. The van der Waals surface area contributed by atoms with Crippen molar-refractivity contribution in [3.63, 3.8) is 0 Å². The Balaban J connectivity index is 2.04. The van der Waals surface area contributed by atoms with Crippen LogP contribution < -0.4 is 0 Å². The van der Waals surface area contributed by atoms with Crippen LogP contribution in [0.4, 0.5) is 0 Å². The lowest BCUT2D eigenvalue weighted by Crippen LogP contribution is -2.63. The van der Waals surface area contributed by atoms with Crippen LogP contribution in [0.3, 0.4) is 0 Å². The summed E-state index contributed by atoms with van der Waals surface area (Å²) < 4.78 is 11.2. The van der Waals surface area contributed by atoms with E-state index in [4.69, 9.17) is 9.47 Å². The zero-order valence-electron chi connectivity index (χ0n) is 9.11. The van der Waals surface area contributed by atoms with Gasteiger partial charge in [-0.3, -0.25) is 9.80 Å². The van der Waals surface area contributed by atoms with E-state index in [1.807, 2.05) is 0 Å². The van der Waals surface area contributed by atoms with Crippen molar-refractivity contribution in [2.24, 2.45) is 0 Å². The van der Waals surface area contributed by atoms with Gasteiger partial charge < -0.3 is 9.47 Å². The highest BCUT2D eigenvalue weighted by Crippen LogP contribution is 2.21. The number of nitrogens with zero attached hydrogens (tertiary/aromatic N) is 2. The molecule has 0 amide bonds. The molecule has 2 heterocycles. The molecule has 0 N–H and O–H groups in total. The fraction of sp³-hybridized carbons (Fsp3) is 1.00. The number of ether oxygens (including phenoxy) is 2. The summed E-state index contributed by atoms with van der Waals surface area (Å²) in [5.41, 5.74) is 0. The maximum Gasteiger partial charge on any atom is 0.0994 e. The molecule has 4 heteroatoms. The zero-order chi connectivity index (χ0) is 9.97.